The fraction of sp³-hybridized carbons (Fsp3) is 0.615. The van der Waals surface area contributed by atoms with Gasteiger partial charge in [0, 0.05) is 12.6 Å². The van der Waals surface area contributed by atoms with Gasteiger partial charge in [-0.3, -0.25) is 9.69 Å². The highest BCUT2D eigenvalue weighted by molar-refractivity contribution is 5.95. The lowest BCUT2D eigenvalue weighted by Gasteiger charge is -2.38. The van der Waals surface area contributed by atoms with Crippen LogP contribution >= 0.6 is 0 Å². The number of aryl methyl sites for hydroxylation is 1. The summed E-state index contributed by atoms with van der Waals surface area (Å²) in [5, 5.41) is 10.2. The molecule has 0 saturated carbocycles. The molecule has 21 heavy (non-hydrogen) atoms. The van der Waals surface area contributed by atoms with Gasteiger partial charge in [0.1, 0.15) is 6.04 Å². The molecular formula is C13H17F3N4O. The SMILES string of the molecule is Cc1nnccc1C(=O)N[C@H]1CC[C@@H](C(F)(F)F)N(C)C1. The number of hydrogen-bond donors (Lipinski definition) is 1. The number of nitrogens with zero attached hydrogens (tertiary/aromatic N) is 3. The molecule has 2 atom stereocenters. The Morgan fingerprint density at radius 1 is 1.43 bits per heavy atom. The van der Waals surface area contributed by atoms with Crippen molar-refractivity contribution in [2.24, 2.45) is 0 Å². The maximum absolute atomic E-state index is 12.8. The molecule has 1 fully saturated rings. The number of halogens is 3. The van der Waals surface area contributed by atoms with E-state index in [0.29, 0.717) is 17.7 Å². The molecule has 1 aliphatic rings. The molecule has 2 heterocycles. The van der Waals surface area contributed by atoms with Crippen LogP contribution in [0.2, 0.25) is 0 Å². The quantitative estimate of drug-likeness (QED) is 0.900. The van der Waals surface area contributed by atoms with E-state index in [2.05, 4.69) is 15.5 Å². The van der Waals surface area contributed by atoms with Crippen molar-refractivity contribution in [3.8, 4) is 0 Å². The Morgan fingerprint density at radius 3 is 2.71 bits per heavy atom. The summed E-state index contributed by atoms with van der Waals surface area (Å²) in [6.45, 7) is 1.84. The normalized spacial score (nSPS) is 23.9. The Bertz CT molecular complexity index is 520. The number of likely N-dealkylation sites (tertiary alicyclic amines) is 1. The monoisotopic (exact) mass is 302 g/mol. The molecule has 0 aromatic carbocycles. The minimum absolute atomic E-state index is 0.0154. The van der Waals surface area contributed by atoms with Crippen molar-refractivity contribution in [1.82, 2.24) is 20.4 Å². The average molecular weight is 302 g/mol. The highest BCUT2D eigenvalue weighted by Crippen LogP contribution is 2.30. The largest absolute Gasteiger partial charge is 0.404 e. The van der Waals surface area contributed by atoms with Gasteiger partial charge >= 0.3 is 6.18 Å². The summed E-state index contributed by atoms with van der Waals surface area (Å²) in [4.78, 5) is 13.3. The Labute approximate surface area is 120 Å². The van der Waals surface area contributed by atoms with Gasteiger partial charge in [-0.2, -0.15) is 23.4 Å². The van der Waals surface area contributed by atoms with E-state index in [1.807, 2.05) is 0 Å². The molecule has 116 valence electrons. The van der Waals surface area contributed by atoms with Crippen molar-refractivity contribution in [2.45, 2.75) is 38.0 Å². The minimum atomic E-state index is -4.23. The predicted octanol–water partition coefficient (Wildman–Crippen LogP) is 1.54. The van der Waals surface area contributed by atoms with Crippen LogP contribution < -0.4 is 5.32 Å². The molecule has 1 N–H and O–H groups in total. The first kappa shape index (κ1) is 15.7. The van der Waals surface area contributed by atoms with Gasteiger partial charge in [0.15, 0.2) is 0 Å². The lowest BCUT2D eigenvalue weighted by atomic mass is 9.98. The summed E-state index contributed by atoms with van der Waals surface area (Å²) in [7, 11) is 1.43. The van der Waals surface area contributed by atoms with Crippen LogP contribution in [0.3, 0.4) is 0 Å². The van der Waals surface area contributed by atoms with Gasteiger partial charge in [0.05, 0.1) is 17.5 Å². The predicted molar refractivity (Wildman–Crippen MR) is 69.7 cm³/mol. The molecule has 0 bridgehead atoms. The van der Waals surface area contributed by atoms with Crippen molar-refractivity contribution in [2.75, 3.05) is 13.6 Å². The van der Waals surface area contributed by atoms with Crippen LogP contribution in [0.1, 0.15) is 28.9 Å². The fourth-order valence-electron chi connectivity index (χ4n) is 2.58. The molecule has 1 aromatic heterocycles. The number of nitrogens with one attached hydrogen (secondary N) is 1. The second-order valence-electron chi connectivity index (χ2n) is 5.28. The maximum Gasteiger partial charge on any atom is 0.404 e. The van der Waals surface area contributed by atoms with E-state index < -0.39 is 12.2 Å². The summed E-state index contributed by atoms with van der Waals surface area (Å²) in [5.74, 6) is -0.328. The van der Waals surface area contributed by atoms with Crippen LogP contribution in [0.25, 0.3) is 0 Å². The molecule has 0 spiro atoms. The lowest BCUT2D eigenvalue weighted by Crippen LogP contribution is -2.54. The lowest BCUT2D eigenvalue weighted by molar-refractivity contribution is -0.188. The number of piperidine rings is 1. The molecule has 5 nitrogen and oxygen atoms in total. The van der Waals surface area contributed by atoms with Crippen LogP contribution in [0.5, 0.6) is 0 Å². The summed E-state index contributed by atoms with van der Waals surface area (Å²) < 4.78 is 38.3. The Kier molecular flexibility index (Phi) is 4.46. The van der Waals surface area contributed by atoms with E-state index in [1.165, 1.54) is 18.1 Å². The van der Waals surface area contributed by atoms with Crippen LogP contribution in [0.4, 0.5) is 13.2 Å². The third kappa shape index (κ3) is 3.69. The van der Waals surface area contributed by atoms with Gasteiger partial charge in [-0.15, -0.1) is 0 Å². The topological polar surface area (TPSA) is 58.1 Å². The molecule has 0 aliphatic carbocycles. The standard InChI is InChI=1S/C13H17F3N4O/c1-8-10(5-6-17-19-8)12(21)18-9-3-4-11(13(14,15)16)20(2)7-9/h5-6,9,11H,3-4,7H2,1-2H3,(H,18,21)/t9-,11-/m0/s1. The second-order valence-corrected chi connectivity index (χ2v) is 5.28. The molecule has 0 unspecified atom stereocenters. The number of hydrogen-bond acceptors (Lipinski definition) is 4. The summed E-state index contributed by atoms with van der Waals surface area (Å²) in [5.41, 5.74) is 0.887. The molecule has 1 saturated heterocycles. The number of likely N-dealkylation sites (N-methyl/N-ethyl adjacent to an activating group) is 1. The first-order valence-corrected chi connectivity index (χ1v) is 6.65. The molecule has 1 aromatic rings. The highest BCUT2D eigenvalue weighted by Gasteiger charge is 2.44. The first-order chi connectivity index (χ1) is 9.79. The zero-order valence-electron chi connectivity index (χ0n) is 11.8. The van der Waals surface area contributed by atoms with Gasteiger partial charge in [-0.1, -0.05) is 0 Å². The zero-order valence-corrected chi connectivity index (χ0v) is 11.8. The molecule has 1 aliphatic heterocycles. The van der Waals surface area contributed by atoms with Gasteiger partial charge in [-0.05, 0) is 32.9 Å². The number of carbonyl (C=O) groups excluding carboxylic acids is 1. The fourth-order valence-corrected chi connectivity index (χ4v) is 2.58. The van der Waals surface area contributed by atoms with Crippen LogP contribution in [0, 0.1) is 6.92 Å². The van der Waals surface area contributed by atoms with E-state index in [4.69, 9.17) is 0 Å². The van der Waals surface area contributed by atoms with E-state index in [1.54, 1.807) is 13.0 Å². The summed E-state index contributed by atoms with van der Waals surface area (Å²) in [6, 6.07) is -0.188. The van der Waals surface area contributed by atoms with Gasteiger partial charge in [0.25, 0.3) is 5.91 Å². The van der Waals surface area contributed by atoms with Crippen LogP contribution in [-0.2, 0) is 0 Å². The molecular weight excluding hydrogens is 285 g/mol. The highest BCUT2D eigenvalue weighted by atomic mass is 19.4. The smallest absolute Gasteiger partial charge is 0.348 e. The number of rotatable bonds is 2. The number of alkyl halides is 3. The molecule has 2 rings (SSSR count). The number of carbonyl (C=O) groups is 1. The van der Waals surface area contributed by atoms with Gasteiger partial charge in [-0.25, -0.2) is 0 Å². The van der Waals surface area contributed by atoms with Crippen LogP contribution in [0.15, 0.2) is 12.3 Å². The second kappa shape index (κ2) is 5.97. The van der Waals surface area contributed by atoms with Crippen molar-refractivity contribution >= 4 is 5.91 Å². The molecule has 8 heteroatoms. The van der Waals surface area contributed by atoms with Gasteiger partial charge in [0.2, 0.25) is 0 Å². The Balaban J connectivity index is 1.97. The van der Waals surface area contributed by atoms with E-state index in [9.17, 15) is 18.0 Å². The van der Waals surface area contributed by atoms with Crippen molar-refractivity contribution in [3.63, 3.8) is 0 Å². The maximum atomic E-state index is 12.8. The van der Waals surface area contributed by atoms with Crippen molar-refractivity contribution in [1.29, 1.82) is 0 Å². The first-order valence-electron chi connectivity index (χ1n) is 6.65. The Hall–Kier alpha value is -1.70. The van der Waals surface area contributed by atoms with Crippen LogP contribution in [-0.4, -0.2) is 52.9 Å². The Morgan fingerprint density at radius 2 is 2.14 bits per heavy atom. The average Bonchev–Trinajstić information content (AvgIpc) is 2.37. The van der Waals surface area contributed by atoms with E-state index in [0.717, 1.165) is 0 Å². The van der Waals surface area contributed by atoms with E-state index in [-0.39, 0.29) is 24.9 Å². The number of amides is 1. The summed E-state index contributed by atoms with van der Waals surface area (Å²) in [6.07, 6.45) is -2.53. The van der Waals surface area contributed by atoms with Crippen molar-refractivity contribution < 1.29 is 18.0 Å². The third-order valence-corrected chi connectivity index (χ3v) is 3.69. The molecule has 0 radical (unpaired) electrons. The summed E-state index contributed by atoms with van der Waals surface area (Å²) >= 11 is 0. The minimum Gasteiger partial charge on any atom is -0.348 e. The molecule has 1 amide bonds. The van der Waals surface area contributed by atoms with E-state index >= 15 is 0 Å². The number of aromatic nitrogens is 2. The van der Waals surface area contributed by atoms with Gasteiger partial charge < -0.3 is 5.32 Å². The zero-order chi connectivity index (χ0) is 15.6. The van der Waals surface area contributed by atoms with Crippen molar-refractivity contribution in [3.05, 3.63) is 23.5 Å². The third-order valence-electron chi connectivity index (χ3n) is 3.69.